The van der Waals surface area contributed by atoms with E-state index in [2.05, 4.69) is 10.0 Å². The van der Waals surface area contributed by atoms with Gasteiger partial charge in [0.15, 0.2) is 0 Å². The van der Waals surface area contributed by atoms with E-state index in [0.717, 1.165) is 31.2 Å². The van der Waals surface area contributed by atoms with Crippen molar-refractivity contribution < 1.29 is 17.9 Å². The highest BCUT2D eigenvalue weighted by atomic mass is 32.2. The number of anilines is 2. The van der Waals surface area contributed by atoms with Crippen molar-refractivity contribution in [1.82, 2.24) is 0 Å². The Labute approximate surface area is 153 Å². The molecular weight excluding hydrogens is 352 g/mol. The molecule has 0 fully saturated rings. The van der Waals surface area contributed by atoms with Crippen molar-refractivity contribution in [2.45, 2.75) is 37.5 Å². The van der Waals surface area contributed by atoms with Crippen molar-refractivity contribution in [3.63, 3.8) is 0 Å². The van der Waals surface area contributed by atoms with Crippen LogP contribution in [0.4, 0.5) is 11.4 Å². The minimum absolute atomic E-state index is 0.231. The van der Waals surface area contributed by atoms with Crippen molar-refractivity contribution >= 4 is 27.3 Å². The van der Waals surface area contributed by atoms with Crippen molar-refractivity contribution in [3.05, 3.63) is 47.5 Å². The van der Waals surface area contributed by atoms with Crippen LogP contribution in [0.25, 0.3) is 0 Å². The zero-order valence-corrected chi connectivity index (χ0v) is 15.7. The molecule has 7 heteroatoms. The van der Waals surface area contributed by atoms with Gasteiger partial charge < -0.3 is 10.1 Å². The van der Waals surface area contributed by atoms with Crippen LogP contribution in [0.5, 0.6) is 5.75 Å². The summed E-state index contributed by atoms with van der Waals surface area (Å²) in [4.78, 5) is 11.5. The zero-order chi connectivity index (χ0) is 18.7. The molecule has 6 nitrogen and oxygen atoms in total. The van der Waals surface area contributed by atoms with Gasteiger partial charge in [-0.25, -0.2) is 8.42 Å². The van der Waals surface area contributed by atoms with Gasteiger partial charge in [0.05, 0.1) is 23.4 Å². The first-order valence-electron chi connectivity index (χ1n) is 8.49. The number of ether oxygens (including phenoxy) is 1. The van der Waals surface area contributed by atoms with Crippen molar-refractivity contribution in [2.75, 3.05) is 17.1 Å². The lowest BCUT2D eigenvalue weighted by atomic mass is 9.92. The van der Waals surface area contributed by atoms with Gasteiger partial charge in [0.2, 0.25) is 5.91 Å². The normalized spacial score (nSPS) is 13.6. The number of aryl methyl sites for hydroxylation is 2. The van der Waals surface area contributed by atoms with Gasteiger partial charge in [-0.1, -0.05) is 6.07 Å². The first-order valence-corrected chi connectivity index (χ1v) is 9.97. The minimum atomic E-state index is -3.70. The summed E-state index contributed by atoms with van der Waals surface area (Å²) in [6.07, 6.45) is 4.16. The third kappa shape index (κ3) is 3.99. The lowest BCUT2D eigenvalue weighted by Crippen LogP contribution is -2.15. The molecule has 1 amide bonds. The number of fused-ring (bicyclic) bond motifs is 1. The van der Waals surface area contributed by atoms with E-state index < -0.39 is 10.0 Å². The van der Waals surface area contributed by atoms with Crippen LogP contribution in [0.15, 0.2) is 41.3 Å². The molecule has 0 aliphatic heterocycles. The molecule has 0 unspecified atom stereocenters. The quantitative estimate of drug-likeness (QED) is 0.841. The minimum Gasteiger partial charge on any atom is -0.494 e. The number of hydrogen-bond donors (Lipinski definition) is 2. The van der Waals surface area contributed by atoms with Gasteiger partial charge in [0.25, 0.3) is 10.0 Å². The second kappa shape index (κ2) is 7.37. The topological polar surface area (TPSA) is 84.5 Å². The SMILES string of the molecule is COc1cc(NS(=O)(=O)c2ccc3c(c2)CCCC3)ccc1NC(C)=O. The maximum absolute atomic E-state index is 12.7. The number of rotatable bonds is 5. The van der Waals surface area contributed by atoms with Crippen LogP contribution in [0.3, 0.4) is 0 Å². The molecule has 0 aromatic heterocycles. The van der Waals surface area contributed by atoms with E-state index in [1.165, 1.54) is 19.6 Å². The van der Waals surface area contributed by atoms with E-state index in [9.17, 15) is 13.2 Å². The molecule has 0 bridgehead atoms. The Morgan fingerprint density at radius 2 is 1.77 bits per heavy atom. The van der Waals surface area contributed by atoms with E-state index in [0.29, 0.717) is 17.1 Å². The van der Waals surface area contributed by atoms with Crippen LogP contribution in [-0.2, 0) is 27.7 Å². The maximum Gasteiger partial charge on any atom is 0.261 e. The largest absolute Gasteiger partial charge is 0.494 e. The van der Waals surface area contributed by atoms with Crippen LogP contribution < -0.4 is 14.8 Å². The molecule has 0 heterocycles. The predicted octanol–water partition coefficient (Wildman–Crippen LogP) is 3.33. The molecule has 0 saturated heterocycles. The Morgan fingerprint density at radius 3 is 2.46 bits per heavy atom. The average Bonchev–Trinajstić information content (AvgIpc) is 2.62. The summed E-state index contributed by atoms with van der Waals surface area (Å²) in [6, 6.07) is 10.1. The van der Waals surface area contributed by atoms with Crippen molar-refractivity contribution in [3.8, 4) is 5.75 Å². The molecule has 2 N–H and O–H groups in total. The summed E-state index contributed by atoms with van der Waals surface area (Å²) in [5.41, 5.74) is 3.19. The Bertz CT molecular complexity index is 939. The number of sulfonamides is 1. The van der Waals surface area contributed by atoms with Crippen LogP contribution in [0, 0.1) is 0 Å². The Kier molecular flexibility index (Phi) is 5.18. The standard InChI is InChI=1S/C19H22N2O4S/c1-13(22)20-18-10-8-16(12-19(18)25-2)21-26(23,24)17-9-7-14-5-3-4-6-15(14)11-17/h7-12,21H,3-6H2,1-2H3,(H,20,22). The van der Waals surface area contributed by atoms with Crippen molar-refractivity contribution in [2.24, 2.45) is 0 Å². The van der Waals surface area contributed by atoms with Crippen LogP contribution in [-0.4, -0.2) is 21.4 Å². The van der Waals surface area contributed by atoms with Crippen LogP contribution in [0.2, 0.25) is 0 Å². The average molecular weight is 374 g/mol. The maximum atomic E-state index is 12.7. The molecule has 0 spiro atoms. The summed E-state index contributed by atoms with van der Waals surface area (Å²) in [7, 11) is -2.24. The molecular formula is C19H22N2O4S. The van der Waals surface area contributed by atoms with Crippen LogP contribution in [0.1, 0.15) is 30.9 Å². The lowest BCUT2D eigenvalue weighted by molar-refractivity contribution is -0.114. The Balaban J connectivity index is 1.86. The van der Waals surface area contributed by atoms with Gasteiger partial charge >= 0.3 is 0 Å². The summed E-state index contributed by atoms with van der Waals surface area (Å²) in [5.74, 6) is 0.150. The molecule has 2 aromatic carbocycles. The van der Waals surface area contributed by atoms with Gasteiger partial charge in [-0.2, -0.15) is 0 Å². The second-order valence-corrected chi connectivity index (χ2v) is 8.02. The number of benzene rings is 2. The predicted molar refractivity (Wildman–Crippen MR) is 101 cm³/mol. The molecule has 26 heavy (non-hydrogen) atoms. The molecule has 1 aliphatic rings. The van der Waals surface area contributed by atoms with Crippen LogP contribution >= 0.6 is 0 Å². The van der Waals surface area contributed by atoms with Gasteiger partial charge in [-0.3, -0.25) is 9.52 Å². The molecule has 3 rings (SSSR count). The summed E-state index contributed by atoms with van der Waals surface area (Å²) >= 11 is 0. The first kappa shape index (κ1) is 18.3. The van der Waals surface area contributed by atoms with Gasteiger partial charge in [0, 0.05) is 13.0 Å². The monoisotopic (exact) mass is 374 g/mol. The van der Waals surface area contributed by atoms with E-state index in [-0.39, 0.29) is 10.8 Å². The molecule has 0 radical (unpaired) electrons. The van der Waals surface area contributed by atoms with Gasteiger partial charge in [-0.15, -0.1) is 0 Å². The molecule has 138 valence electrons. The Morgan fingerprint density at radius 1 is 1.04 bits per heavy atom. The molecule has 1 aliphatic carbocycles. The fourth-order valence-electron chi connectivity index (χ4n) is 3.14. The number of nitrogens with one attached hydrogen (secondary N) is 2. The number of methoxy groups -OCH3 is 1. The number of amides is 1. The van der Waals surface area contributed by atoms with Gasteiger partial charge in [0.1, 0.15) is 5.75 Å². The smallest absolute Gasteiger partial charge is 0.261 e. The van der Waals surface area contributed by atoms with Crippen molar-refractivity contribution in [1.29, 1.82) is 0 Å². The fraction of sp³-hybridized carbons (Fsp3) is 0.316. The lowest BCUT2D eigenvalue weighted by Gasteiger charge is -2.17. The summed E-state index contributed by atoms with van der Waals surface area (Å²) < 4.78 is 33.3. The molecule has 2 aromatic rings. The highest BCUT2D eigenvalue weighted by Gasteiger charge is 2.18. The second-order valence-electron chi connectivity index (χ2n) is 6.34. The summed E-state index contributed by atoms with van der Waals surface area (Å²) in [6.45, 7) is 1.39. The van der Waals surface area contributed by atoms with Gasteiger partial charge in [-0.05, 0) is 61.1 Å². The first-order chi connectivity index (χ1) is 12.4. The van der Waals surface area contributed by atoms with E-state index in [1.807, 2.05) is 6.07 Å². The number of carbonyl (C=O) groups excluding carboxylic acids is 1. The number of hydrogen-bond acceptors (Lipinski definition) is 4. The highest BCUT2D eigenvalue weighted by molar-refractivity contribution is 7.92. The van der Waals surface area contributed by atoms with E-state index >= 15 is 0 Å². The number of carbonyl (C=O) groups is 1. The van der Waals surface area contributed by atoms with E-state index in [1.54, 1.807) is 30.3 Å². The zero-order valence-electron chi connectivity index (χ0n) is 14.8. The molecule has 0 atom stereocenters. The fourth-order valence-corrected chi connectivity index (χ4v) is 4.24. The third-order valence-corrected chi connectivity index (χ3v) is 5.77. The summed E-state index contributed by atoms with van der Waals surface area (Å²) in [5, 5.41) is 2.64. The third-order valence-electron chi connectivity index (χ3n) is 4.39. The molecule has 0 saturated carbocycles. The van der Waals surface area contributed by atoms with E-state index in [4.69, 9.17) is 4.74 Å². The Hall–Kier alpha value is -2.54. The highest BCUT2D eigenvalue weighted by Crippen LogP contribution is 2.30.